The van der Waals surface area contributed by atoms with E-state index in [1.807, 2.05) is 0 Å². The Kier molecular flexibility index (Phi) is 2.65. The first-order chi connectivity index (χ1) is 8.76. The molecule has 18 heavy (non-hydrogen) atoms. The lowest BCUT2D eigenvalue weighted by Gasteiger charge is -2.31. The largest absolute Gasteiger partial charge is 0.423 e. The SMILES string of the molecule is CN1CCN(c2nc3cc(C#N)ccc3o2)CC1. The van der Waals surface area contributed by atoms with Crippen LogP contribution in [0.4, 0.5) is 6.01 Å². The molecule has 2 aromatic rings. The highest BCUT2D eigenvalue weighted by Crippen LogP contribution is 2.23. The Bertz CT molecular complexity index is 605. The molecule has 1 aromatic carbocycles. The summed E-state index contributed by atoms with van der Waals surface area (Å²) in [5, 5.41) is 8.86. The minimum atomic E-state index is 0.612. The van der Waals surface area contributed by atoms with Crippen molar-refractivity contribution in [2.24, 2.45) is 0 Å². The standard InChI is InChI=1S/C13H14N4O/c1-16-4-6-17(7-5-16)13-15-11-8-10(9-14)2-3-12(11)18-13/h2-3,8H,4-7H2,1H3. The Hall–Kier alpha value is -2.06. The first-order valence-corrected chi connectivity index (χ1v) is 6.00. The fraction of sp³-hybridized carbons (Fsp3) is 0.385. The summed E-state index contributed by atoms with van der Waals surface area (Å²) in [7, 11) is 2.11. The molecule has 0 spiro atoms. The van der Waals surface area contributed by atoms with Gasteiger partial charge in [-0.3, -0.25) is 0 Å². The Labute approximate surface area is 105 Å². The third-order valence-corrected chi connectivity index (χ3v) is 3.28. The number of fused-ring (bicyclic) bond motifs is 1. The maximum Gasteiger partial charge on any atom is 0.298 e. The molecule has 3 rings (SSSR count). The molecule has 1 fully saturated rings. The zero-order valence-corrected chi connectivity index (χ0v) is 10.3. The summed E-state index contributed by atoms with van der Waals surface area (Å²) in [6, 6.07) is 8.09. The van der Waals surface area contributed by atoms with Gasteiger partial charge in [0.15, 0.2) is 5.58 Å². The van der Waals surface area contributed by atoms with E-state index in [4.69, 9.17) is 9.68 Å². The number of nitriles is 1. The molecule has 5 nitrogen and oxygen atoms in total. The number of oxazole rings is 1. The highest BCUT2D eigenvalue weighted by molar-refractivity contribution is 5.76. The Balaban J connectivity index is 1.91. The van der Waals surface area contributed by atoms with Gasteiger partial charge in [0, 0.05) is 26.2 Å². The van der Waals surface area contributed by atoms with Crippen LogP contribution in [0.5, 0.6) is 0 Å². The Morgan fingerprint density at radius 2 is 2.06 bits per heavy atom. The number of piperazine rings is 1. The Morgan fingerprint density at radius 3 is 2.78 bits per heavy atom. The predicted octanol–water partition coefficient (Wildman–Crippen LogP) is 1.45. The van der Waals surface area contributed by atoms with Crippen molar-refractivity contribution in [3.63, 3.8) is 0 Å². The first kappa shape index (κ1) is 11.1. The molecule has 92 valence electrons. The van der Waals surface area contributed by atoms with Gasteiger partial charge in [-0.1, -0.05) is 0 Å². The molecule has 1 aliphatic rings. The Morgan fingerprint density at radius 1 is 1.28 bits per heavy atom. The molecule has 1 saturated heterocycles. The van der Waals surface area contributed by atoms with Gasteiger partial charge in [-0.05, 0) is 25.2 Å². The van der Waals surface area contributed by atoms with E-state index in [-0.39, 0.29) is 0 Å². The molecule has 1 aromatic heterocycles. The highest BCUT2D eigenvalue weighted by atomic mass is 16.4. The third-order valence-electron chi connectivity index (χ3n) is 3.28. The average molecular weight is 242 g/mol. The zero-order valence-electron chi connectivity index (χ0n) is 10.3. The molecule has 0 amide bonds. The van der Waals surface area contributed by atoms with Crippen LogP contribution in [0.1, 0.15) is 5.56 Å². The third kappa shape index (κ3) is 1.91. The van der Waals surface area contributed by atoms with Crippen LogP contribution >= 0.6 is 0 Å². The van der Waals surface area contributed by atoms with Gasteiger partial charge in [-0.15, -0.1) is 0 Å². The molecule has 0 aliphatic carbocycles. The van der Waals surface area contributed by atoms with Crippen molar-refractivity contribution < 1.29 is 4.42 Å². The second-order valence-corrected chi connectivity index (χ2v) is 4.58. The van der Waals surface area contributed by atoms with Gasteiger partial charge in [0.2, 0.25) is 0 Å². The van der Waals surface area contributed by atoms with Crippen LogP contribution in [0.2, 0.25) is 0 Å². The minimum absolute atomic E-state index is 0.612. The molecule has 0 unspecified atom stereocenters. The number of benzene rings is 1. The molecule has 2 heterocycles. The highest BCUT2D eigenvalue weighted by Gasteiger charge is 2.18. The number of hydrogen-bond acceptors (Lipinski definition) is 5. The van der Waals surface area contributed by atoms with Crippen molar-refractivity contribution in [2.45, 2.75) is 0 Å². The number of likely N-dealkylation sites (N-methyl/N-ethyl adjacent to an activating group) is 1. The van der Waals surface area contributed by atoms with Crippen molar-refractivity contribution in [1.29, 1.82) is 5.26 Å². The van der Waals surface area contributed by atoms with E-state index in [2.05, 4.69) is 27.9 Å². The quantitative estimate of drug-likeness (QED) is 0.757. The molecular weight excluding hydrogens is 228 g/mol. The predicted molar refractivity (Wildman–Crippen MR) is 68.4 cm³/mol. The van der Waals surface area contributed by atoms with Gasteiger partial charge in [0.25, 0.3) is 6.01 Å². The lowest BCUT2D eigenvalue weighted by Crippen LogP contribution is -2.44. The van der Waals surface area contributed by atoms with Crippen molar-refractivity contribution in [3.8, 4) is 6.07 Å². The van der Waals surface area contributed by atoms with E-state index in [9.17, 15) is 0 Å². The van der Waals surface area contributed by atoms with Crippen LogP contribution in [0.15, 0.2) is 22.6 Å². The molecule has 0 radical (unpaired) electrons. The van der Waals surface area contributed by atoms with Crippen molar-refractivity contribution >= 4 is 17.1 Å². The lowest BCUT2D eigenvalue weighted by atomic mass is 10.2. The van der Waals surface area contributed by atoms with E-state index >= 15 is 0 Å². The molecule has 5 heteroatoms. The van der Waals surface area contributed by atoms with E-state index in [0.29, 0.717) is 11.6 Å². The second-order valence-electron chi connectivity index (χ2n) is 4.58. The summed E-state index contributed by atoms with van der Waals surface area (Å²) in [4.78, 5) is 8.89. The van der Waals surface area contributed by atoms with Gasteiger partial charge in [-0.25, -0.2) is 0 Å². The maximum atomic E-state index is 8.86. The monoisotopic (exact) mass is 242 g/mol. The van der Waals surface area contributed by atoms with Gasteiger partial charge < -0.3 is 14.2 Å². The topological polar surface area (TPSA) is 56.3 Å². The van der Waals surface area contributed by atoms with Crippen molar-refractivity contribution in [3.05, 3.63) is 23.8 Å². The smallest absolute Gasteiger partial charge is 0.298 e. The molecule has 0 bridgehead atoms. The van der Waals surface area contributed by atoms with Crippen LogP contribution in [0.3, 0.4) is 0 Å². The number of anilines is 1. The minimum Gasteiger partial charge on any atom is -0.423 e. The molecule has 0 atom stereocenters. The van der Waals surface area contributed by atoms with Crippen LogP contribution in [0, 0.1) is 11.3 Å². The second kappa shape index (κ2) is 4.31. The van der Waals surface area contributed by atoms with Crippen molar-refractivity contribution in [1.82, 2.24) is 9.88 Å². The van der Waals surface area contributed by atoms with Crippen molar-refractivity contribution in [2.75, 3.05) is 38.1 Å². The van der Waals surface area contributed by atoms with E-state index < -0.39 is 0 Å². The average Bonchev–Trinajstić information content (AvgIpc) is 2.82. The number of hydrogen-bond donors (Lipinski definition) is 0. The fourth-order valence-corrected chi connectivity index (χ4v) is 2.12. The summed E-state index contributed by atoms with van der Waals surface area (Å²) >= 11 is 0. The molecule has 0 saturated carbocycles. The van der Waals surface area contributed by atoms with Crippen LogP contribution in [-0.2, 0) is 0 Å². The summed E-state index contributed by atoms with van der Waals surface area (Å²) in [6.45, 7) is 3.88. The molecule has 0 N–H and O–H groups in total. The normalized spacial score (nSPS) is 17.0. The van der Waals surface area contributed by atoms with Crippen LogP contribution in [0.25, 0.3) is 11.1 Å². The zero-order chi connectivity index (χ0) is 12.5. The van der Waals surface area contributed by atoms with E-state index in [0.717, 1.165) is 37.3 Å². The molecular formula is C13H14N4O. The summed E-state index contributed by atoms with van der Waals surface area (Å²) in [5.74, 6) is 0. The van der Waals surface area contributed by atoms with Crippen LogP contribution in [-0.4, -0.2) is 43.1 Å². The van der Waals surface area contributed by atoms with Gasteiger partial charge >= 0.3 is 0 Å². The summed E-state index contributed by atoms with van der Waals surface area (Å²) in [6.07, 6.45) is 0. The summed E-state index contributed by atoms with van der Waals surface area (Å²) < 4.78 is 5.73. The number of aromatic nitrogens is 1. The van der Waals surface area contributed by atoms with E-state index in [1.54, 1.807) is 18.2 Å². The summed E-state index contributed by atoms with van der Waals surface area (Å²) in [5.41, 5.74) is 2.10. The van der Waals surface area contributed by atoms with E-state index in [1.165, 1.54) is 0 Å². The van der Waals surface area contributed by atoms with Gasteiger partial charge in [0.05, 0.1) is 11.6 Å². The lowest BCUT2D eigenvalue weighted by molar-refractivity contribution is 0.305. The molecule has 1 aliphatic heterocycles. The number of nitrogens with zero attached hydrogens (tertiary/aromatic N) is 4. The van der Waals surface area contributed by atoms with Crippen LogP contribution < -0.4 is 4.90 Å². The fourth-order valence-electron chi connectivity index (χ4n) is 2.12. The number of rotatable bonds is 1. The van der Waals surface area contributed by atoms with Gasteiger partial charge in [0.1, 0.15) is 5.52 Å². The maximum absolute atomic E-state index is 8.86. The van der Waals surface area contributed by atoms with Gasteiger partial charge in [-0.2, -0.15) is 10.2 Å². The first-order valence-electron chi connectivity index (χ1n) is 6.00.